The summed E-state index contributed by atoms with van der Waals surface area (Å²) in [6.45, 7) is 1.82. The fourth-order valence-corrected chi connectivity index (χ4v) is 1.98. The summed E-state index contributed by atoms with van der Waals surface area (Å²) in [5.41, 5.74) is 0. The van der Waals surface area contributed by atoms with Crippen molar-refractivity contribution < 1.29 is 4.79 Å². The Bertz CT molecular complexity index is 235. The number of amides is 1. The molecular weight excluding hydrogens is 164 g/mol. The molecule has 0 aromatic heterocycles. The molecule has 3 nitrogen and oxygen atoms in total. The lowest BCUT2D eigenvalue weighted by atomic mass is 10.1. The number of carbonyl (C=O) groups is 1. The minimum atomic E-state index is 0.284. The SMILES string of the molecule is O=C1CCCCN1C1=NCCCC1. The summed E-state index contributed by atoms with van der Waals surface area (Å²) in [7, 11) is 0. The maximum absolute atomic E-state index is 11.5. The minimum absolute atomic E-state index is 0.284. The first kappa shape index (κ1) is 8.73. The van der Waals surface area contributed by atoms with Gasteiger partial charge in [0.2, 0.25) is 5.91 Å². The van der Waals surface area contributed by atoms with Crippen LogP contribution < -0.4 is 0 Å². The van der Waals surface area contributed by atoms with Crippen LogP contribution in [0.3, 0.4) is 0 Å². The topological polar surface area (TPSA) is 32.7 Å². The molecule has 2 heterocycles. The van der Waals surface area contributed by atoms with E-state index in [2.05, 4.69) is 4.99 Å². The van der Waals surface area contributed by atoms with E-state index in [0.29, 0.717) is 0 Å². The Morgan fingerprint density at radius 2 is 1.92 bits per heavy atom. The van der Waals surface area contributed by atoms with Gasteiger partial charge in [-0.05, 0) is 25.7 Å². The molecule has 0 bridgehead atoms. The highest BCUT2D eigenvalue weighted by Crippen LogP contribution is 2.16. The van der Waals surface area contributed by atoms with Gasteiger partial charge in [-0.1, -0.05) is 0 Å². The van der Waals surface area contributed by atoms with Gasteiger partial charge in [-0.25, -0.2) is 0 Å². The van der Waals surface area contributed by atoms with E-state index in [1.165, 1.54) is 12.8 Å². The van der Waals surface area contributed by atoms with Crippen LogP contribution in [0.25, 0.3) is 0 Å². The molecule has 0 aromatic carbocycles. The molecule has 1 fully saturated rings. The first-order valence-corrected chi connectivity index (χ1v) is 5.21. The molecule has 0 aliphatic carbocycles. The average molecular weight is 180 g/mol. The number of hydrogen-bond donors (Lipinski definition) is 0. The molecular formula is C10H16N2O. The fourth-order valence-electron chi connectivity index (χ4n) is 1.98. The summed E-state index contributed by atoms with van der Waals surface area (Å²) in [4.78, 5) is 17.9. The van der Waals surface area contributed by atoms with Crippen molar-refractivity contribution >= 4 is 11.7 Å². The number of amidine groups is 1. The monoisotopic (exact) mass is 180 g/mol. The van der Waals surface area contributed by atoms with E-state index >= 15 is 0 Å². The van der Waals surface area contributed by atoms with Crippen molar-refractivity contribution in [2.45, 2.75) is 38.5 Å². The van der Waals surface area contributed by atoms with Crippen molar-refractivity contribution in [3.05, 3.63) is 0 Å². The molecule has 1 amide bonds. The lowest BCUT2D eigenvalue weighted by Gasteiger charge is -2.29. The van der Waals surface area contributed by atoms with Crippen molar-refractivity contribution in [2.75, 3.05) is 13.1 Å². The van der Waals surface area contributed by atoms with Gasteiger partial charge in [-0.2, -0.15) is 0 Å². The van der Waals surface area contributed by atoms with Crippen LogP contribution in [-0.4, -0.2) is 29.7 Å². The van der Waals surface area contributed by atoms with Crippen molar-refractivity contribution in [2.24, 2.45) is 4.99 Å². The maximum Gasteiger partial charge on any atom is 0.227 e. The molecule has 3 heteroatoms. The van der Waals surface area contributed by atoms with E-state index in [9.17, 15) is 4.79 Å². The van der Waals surface area contributed by atoms with E-state index in [1.807, 2.05) is 4.90 Å². The van der Waals surface area contributed by atoms with Gasteiger partial charge < -0.3 is 4.90 Å². The molecule has 1 saturated heterocycles. The highest BCUT2D eigenvalue weighted by molar-refractivity contribution is 5.98. The maximum atomic E-state index is 11.5. The molecule has 0 unspecified atom stereocenters. The number of carbonyl (C=O) groups excluding carboxylic acids is 1. The van der Waals surface area contributed by atoms with Crippen LogP contribution in [0.4, 0.5) is 0 Å². The molecule has 2 aliphatic rings. The van der Waals surface area contributed by atoms with Crippen molar-refractivity contribution in [3.8, 4) is 0 Å². The van der Waals surface area contributed by atoms with Crippen LogP contribution in [0.15, 0.2) is 4.99 Å². The number of hydrogen-bond acceptors (Lipinski definition) is 2. The normalized spacial score (nSPS) is 24.5. The third-order valence-corrected chi connectivity index (χ3v) is 2.74. The summed E-state index contributed by atoms with van der Waals surface area (Å²) in [6, 6.07) is 0. The zero-order valence-electron chi connectivity index (χ0n) is 7.96. The molecule has 0 N–H and O–H groups in total. The van der Waals surface area contributed by atoms with Crippen LogP contribution in [0.1, 0.15) is 38.5 Å². The summed E-state index contributed by atoms with van der Waals surface area (Å²) in [5.74, 6) is 1.34. The molecule has 0 spiro atoms. The van der Waals surface area contributed by atoms with E-state index in [1.54, 1.807) is 0 Å². The molecule has 0 aromatic rings. The predicted octanol–water partition coefficient (Wildman–Crippen LogP) is 1.58. The van der Waals surface area contributed by atoms with Gasteiger partial charge in [0, 0.05) is 25.9 Å². The van der Waals surface area contributed by atoms with Crippen molar-refractivity contribution in [1.29, 1.82) is 0 Å². The number of rotatable bonds is 0. The minimum Gasteiger partial charge on any atom is -0.301 e. The van der Waals surface area contributed by atoms with E-state index in [-0.39, 0.29) is 5.91 Å². The summed E-state index contributed by atoms with van der Waals surface area (Å²) < 4.78 is 0. The Hall–Kier alpha value is -0.860. The van der Waals surface area contributed by atoms with Gasteiger partial charge in [0.1, 0.15) is 5.84 Å². The average Bonchev–Trinajstić information content (AvgIpc) is 2.20. The summed E-state index contributed by atoms with van der Waals surface area (Å²) in [5, 5.41) is 0. The Kier molecular flexibility index (Phi) is 2.62. The predicted molar refractivity (Wildman–Crippen MR) is 51.7 cm³/mol. The number of likely N-dealkylation sites (tertiary alicyclic amines) is 1. The van der Waals surface area contributed by atoms with Crippen LogP contribution in [-0.2, 0) is 4.79 Å². The Labute approximate surface area is 78.8 Å². The standard InChI is InChI=1S/C10H16N2O/c13-10-6-2-4-8-12(10)9-5-1-3-7-11-9/h1-8H2. The van der Waals surface area contributed by atoms with Crippen molar-refractivity contribution in [1.82, 2.24) is 4.90 Å². The molecule has 13 heavy (non-hydrogen) atoms. The third kappa shape index (κ3) is 1.90. The summed E-state index contributed by atoms with van der Waals surface area (Å²) >= 11 is 0. The van der Waals surface area contributed by atoms with Gasteiger partial charge in [0.25, 0.3) is 0 Å². The Morgan fingerprint density at radius 3 is 2.62 bits per heavy atom. The van der Waals surface area contributed by atoms with Gasteiger partial charge in [-0.15, -0.1) is 0 Å². The highest BCUT2D eigenvalue weighted by Gasteiger charge is 2.23. The van der Waals surface area contributed by atoms with Crippen LogP contribution in [0.5, 0.6) is 0 Å². The summed E-state index contributed by atoms with van der Waals surface area (Å²) in [6.07, 6.45) is 6.31. The zero-order chi connectivity index (χ0) is 9.10. The van der Waals surface area contributed by atoms with Crippen LogP contribution in [0.2, 0.25) is 0 Å². The van der Waals surface area contributed by atoms with Gasteiger partial charge >= 0.3 is 0 Å². The Balaban J connectivity index is 2.04. The second-order valence-electron chi connectivity index (χ2n) is 3.76. The zero-order valence-corrected chi connectivity index (χ0v) is 7.96. The molecule has 2 rings (SSSR count). The lowest BCUT2D eigenvalue weighted by Crippen LogP contribution is -2.41. The first-order valence-electron chi connectivity index (χ1n) is 5.21. The first-order chi connectivity index (χ1) is 6.38. The fraction of sp³-hybridized carbons (Fsp3) is 0.800. The molecule has 0 saturated carbocycles. The molecule has 0 atom stereocenters. The van der Waals surface area contributed by atoms with Crippen LogP contribution in [0, 0.1) is 0 Å². The van der Waals surface area contributed by atoms with E-state index in [4.69, 9.17) is 0 Å². The Morgan fingerprint density at radius 1 is 1.08 bits per heavy atom. The smallest absolute Gasteiger partial charge is 0.227 e. The quantitative estimate of drug-likeness (QED) is 0.557. The van der Waals surface area contributed by atoms with Gasteiger partial charge in [0.15, 0.2) is 0 Å². The van der Waals surface area contributed by atoms with Crippen molar-refractivity contribution in [3.63, 3.8) is 0 Å². The van der Waals surface area contributed by atoms with E-state index < -0.39 is 0 Å². The lowest BCUT2D eigenvalue weighted by molar-refractivity contribution is -0.129. The second kappa shape index (κ2) is 3.90. The number of aliphatic imine (C=N–C) groups is 1. The number of piperidine rings is 1. The molecule has 72 valence electrons. The number of nitrogens with zero attached hydrogens (tertiary/aromatic N) is 2. The van der Waals surface area contributed by atoms with Gasteiger partial charge in [-0.3, -0.25) is 9.79 Å². The molecule has 2 aliphatic heterocycles. The highest BCUT2D eigenvalue weighted by atomic mass is 16.2. The molecule has 0 radical (unpaired) electrons. The largest absolute Gasteiger partial charge is 0.301 e. The van der Waals surface area contributed by atoms with Crippen LogP contribution >= 0.6 is 0 Å². The van der Waals surface area contributed by atoms with E-state index in [0.717, 1.165) is 44.6 Å². The third-order valence-electron chi connectivity index (χ3n) is 2.74. The van der Waals surface area contributed by atoms with Gasteiger partial charge in [0.05, 0.1) is 0 Å². The second-order valence-corrected chi connectivity index (χ2v) is 3.76.